The Balaban J connectivity index is 1.72. The molecule has 0 radical (unpaired) electrons. The van der Waals surface area contributed by atoms with Gasteiger partial charge in [-0.25, -0.2) is 0 Å². The van der Waals surface area contributed by atoms with Crippen LogP contribution in [-0.4, -0.2) is 42.0 Å². The summed E-state index contributed by atoms with van der Waals surface area (Å²) in [6.07, 6.45) is 3.82. The highest BCUT2D eigenvalue weighted by molar-refractivity contribution is 5.50. The van der Waals surface area contributed by atoms with E-state index in [1.165, 1.54) is 0 Å². The molecule has 3 heterocycles. The predicted molar refractivity (Wildman–Crippen MR) is 74.9 cm³/mol. The van der Waals surface area contributed by atoms with Crippen LogP contribution in [0.4, 0.5) is 0 Å². The first-order valence-electron chi connectivity index (χ1n) is 7.02. The SMILES string of the molecule is COCCOc1ccnc(-c2noc([C@H]3CCCN3)n2)c1. The van der Waals surface area contributed by atoms with Crippen molar-refractivity contribution in [3.8, 4) is 17.3 Å². The Hall–Kier alpha value is -1.99. The highest BCUT2D eigenvalue weighted by Crippen LogP contribution is 2.24. The third-order valence-electron chi connectivity index (χ3n) is 3.32. The van der Waals surface area contributed by atoms with E-state index in [-0.39, 0.29) is 6.04 Å². The third kappa shape index (κ3) is 3.37. The number of aromatic nitrogens is 3. The fourth-order valence-corrected chi connectivity index (χ4v) is 2.24. The second-order valence-electron chi connectivity index (χ2n) is 4.82. The molecule has 0 unspecified atom stereocenters. The zero-order valence-corrected chi connectivity index (χ0v) is 11.9. The van der Waals surface area contributed by atoms with Crippen molar-refractivity contribution in [2.24, 2.45) is 0 Å². The molecular weight excluding hydrogens is 272 g/mol. The van der Waals surface area contributed by atoms with Gasteiger partial charge in [0.1, 0.15) is 18.1 Å². The summed E-state index contributed by atoms with van der Waals surface area (Å²) in [5.74, 6) is 1.81. The molecule has 0 amide bonds. The number of methoxy groups -OCH3 is 1. The number of ether oxygens (including phenoxy) is 2. The quantitative estimate of drug-likeness (QED) is 0.809. The molecular formula is C14H18N4O3. The van der Waals surface area contributed by atoms with Crippen LogP contribution in [0.5, 0.6) is 5.75 Å². The van der Waals surface area contributed by atoms with E-state index in [4.69, 9.17) is 14.0 Å². The molecule has 0 bridgehead atoms. The van der Waals surface area contributed by atoms with Gasteiger partial charge in [-0.15, -0.1) is 0 Å². The molecule has 112 valence electrons. The number of pyridine rings is 1. The molecule has 1 N–H and O–H groups in total. The smallest absolute Gasteiger partial charge is 0.244 e. The van der Waals surface area contributed by atoms with Crippen molar-refractivity contribution in [3.63, 3.8) is 0 Å². The van der Waals surface area contributed by atoms with Crippen LogP contribution in [0.15, 0.2) is 22.9 Å². The first-order chi connectivity index (χ1) is 10.4. The molecule has 3 rings (SSSR count). The number of hydrogen-bond acceptors (Lipinski definition) is 7. The topological polar surface area (TPSA) is 82.3 Å². The lowest BCUT2D eigenvalue weighted by Gasteiger charge is -2.05. The van der Waals surface area contributed by atoms with Crippen LogP contribution in [0.25, 0.3) is 11.5 Å². The van der Waals surface area contributed by atoms with Crippen molar-refractivity contribution < 1.29 is 14.0 Å². The molecule has 0 saturated carbocycles. The maximum Gasteiger partial charge on any atom is 0.244 e. The second kappa shape index (κ2) is 6.64. The normalized spacial score (nSPS) is 18.0. The number of nitrogens with zero attached hydrogens (tertiary/aromatic N) is 3. The van der Waals surface area contributed by atoms with Crippen LogP contribution >= 0.6 is 0 Å². The van der Waals surface area contributed by atoms with E-state index < -0.39 is 0 Å². The van der Waals surface area contributed by atoms with Crippen molar-refractivity contribution in [1.29, 1.82) is 0 Å². The first-order valence-corrected chi connectivity index (χ1v) is 7.02. The van der Waals surface area contributed by atoms with Gasteiger partial charge in [0.2, 0.25) is 11.7 Å². The lowest BCUT2D eigenvalue weighted by atomic mass is 10.2. The Labute approximate surface area is 122 Å². The minimum Gasteiger partial charge on any atom is -0.491 e. The van der Waals surface area contributed by atoms with Gasteiger partial charge in [-0.3, -0.25) is 4.98 Å². The van der Waals surface area contributed by atoms with E-state index in [0.717, 1.165) is 19.4 Å². The summed E-state index contributed by atoms with van der Waals surface area (Å²) >= 11 is 0. The maximum atomic E-state index is 5.55. The molecule has 1 fully saturated rings. The van der Waals surface area contributed by atoms with E-state index in [1.807, 2.05) is 0 Å². The molecule has 0 spiro atoms. The van der Waals surface area contributed by atoms with E-state index in [0.29, 0.717) is 36.4 Å². The third-order valence-corrected chi connectivity index (χ3v) is 3.32. The van der Waals surface area contributed by atoms with Crippen LogP contribution < -0.4 is 10.1 Å². The molecule has 7 heteroatoms. The highest BCUT2D eigenvalue weighted by atomic mass is 16.5. The Morgan fingerprint density at radius 1 is 1.43 bits per heavy atom. The van der Waals surface area contributed by atoms with Crippen molar-refractivity contribution in [2.75, 3.05) is 26.9 Å². The van der Waals surface area contributed by atoms with Gasteiger partial charge in [-0.2, -0.15) is 4.98 Å². The van der Waals surface area contributed by atoms with Gasteiger partial charge in [0.25, 0.3) is 0 Å². The number of nitrogens with one attached hydrogen (secondary N) is 1. The largest absolute Gasteiger partial charge is 0.491 e. The van der Waals surface area contributed by atoms with Crippen molar-refractivity contribution in [3.05, 3.63) is 24.2 Å². The summed E-state index contributed by atoms with van der Waals surface area (Å²) in [4.78, 5) is 8.68. The summed E-state index contributed by atoms with van der Waals surface area (Å²) in [6.45, 7) is 2.02. The zero-order valence-electron chi connectivity index (χ0n) is 11.9. The fourth-order valence-electron chi connectivity index (χ4n) is 2.24. The molecule has 2 aromatic heterocycles. The van der Waals surface area contributed by atoms with E-state index >= 15 is 0 Å². The molecule has 0 aromatic carbocycles. The zero-order chi connectivity index (χ0) is 14.5. The average Bonchev–Trinajstić information content (AvgIpc) is 3.19. The Bertz CT molecular complexity index is 581. The van der Waals surface area contributed by atoms with Gasteiger partial charge >= 0.3 is 0 Å². The Kier molecular flexibility index (Phi) is 4.42. The predicted octanol–water partition coefficient (Wildman–Crippen LogP) is 1.58. The number of rotatable bonds is 6. The van der Waals surface area contributed by atoms with Gasteiger partial charge in [0.15, 0.2) is 0 Å². The van der Waals surface area contributed by atoms with Crippen molar-refractivity contribution >= 4 is 0 Å². The van der Waals surface area contributed by atoms with Crippen LogP contribution in [0.2, 0.25) is 0 Å². The summed E-state index contributed by atoms with van der Waals surface area (Å²) in [5, 5.41) is 7.33. The molecule has 21 heavy (non-hydrogen) atoms. The second-order valence-corrected chi connectivity index (χ2v) is 4.82. The lowest BCUT2D eigenvalue weighted by Crippen LogP contribution is -2.12. The molecule has 1 atom stereocenters. The van der Waals surface area contributed by atoms with E-state index in [9.17, 15) is 0 Å². The molecule has 1 aliphatic heterocycles. The maximum absolute atomic E-state index is 5.55. The molecule has 7 nitrogen and oxygen atoms in total. The molecule has 1 saturated heterocycles. The van der Waals surface area contributed by atoms with Crippen molar-refractivity contribution in [1.82, 2.24) is 20.4 Å². The lowest BCUT2D eigenvalue weighted by molar-refractivity contribution is 0.146. The Morgan fingerprint density at radius 2 is 2.38 bits per heavy atom. The van der Waals surface area contributed by atoms with Crippen LogP contribution in [0.1, 0.15) is 24.8 Å². The van der Waals surface area contributed by atoms with E-state index in [1.54, 1.807) is 25.4 Å². The summed E-state index contributed by atoms with van der Waals surface area (Å²) in [5.41, 5.74) is 0.637. The highest BCUT2D eigenvalue weighted by Gasteiger charge is 2.23. The average molecular weight is 290 g/mol. The van der Waals surface area contributed by atoms with Crippen LogP contribution in [0.3, 0.4) is 0 Å². The van der Waals surface area contributed by atoms with E-state index in [2.05, 4.69) is 20.4 Å². The van der Waals surface area contributed by atoms with Gasteiger partial charge in [0, 0.05) is 19.4 Å². The fraction of sp³-hybridized carbons (Fsp3) is 0.500. The minimum absolute atomic E-state index is 0.160. The molecule has 0 aliphatic carbocycles. The van der Waals surface area contributed by atoms with Crippen molar-refractivity contribution in [2.45, 2.75) is 18.9 Å². The summed E-state index contributed by atoms with van der Waals surface area (Å²) in [7, 11) is 1.64. The van der Waals surface area contributed by atoms with Gasteiger partial charge in [-0.05, 0) is 25.5 Å². The Morgan fingerprint density at radius 3 is 3.19 bits per heavy atom. The molecule has 1 aliphatic rings. The van der Waals surface area contributed by atoms with Gasteiger partial charge in [-0.1, -0.05) is 5.16 Å². The minimum atomic E-state index is 0.160. The van der Waals surface area contributed by atoms with Crippen LogP contribution in [0, 0.1) is 0 Å². The summed E-state index contributed by atoms with van der Waals surface area (Å²) < 4.78 is 15.8. The van der Waals surface area contributed by atoms with Gasteiger partial charge < -0.3 is 19.3 Å². The summed E-state index contributed by atoms with van der Waals surface area (Å²) in [6, 6.07) is 3.75. The first kappa shape index (κ1) is 14.0. The number of hydrogen-bond donors (Lipinski definition) is 1. The van der Waals surface area contributed by atoms with Gasteiger partial charge in [0.05, 0.1) is 12.6 Å². The van der Waals surface area contributed by atoms with Crippen LogP contribution in [-0.2, 0) is 4.74 Å². The monoisotopic (exact) mass is 290 g/mol. The standard InChI is InChI=1S/C14H18N4O3/c1-19-7-8-20-10-4-6-16-12(9-10)13-17-14(21-18-13)11-3-2-5-15-11/h4,6,9,11,15H,2-3,5,7-8H2,1H3/t11-/m1/s1. The molecule has 2 aromatic rings.